The lowest BCUT2D eigenvalue weighted by Crippen LogP contribution is -2.64. The number of aromatic nitrogens is 2. The summed E-state index contributed by atoms with van der Waals surface area (Å²) in [5.74, 6) is 3.05. The highest BCUT2D eigenvalue weighted by molar-refractivity contribution is 5.72. The maximum atomic E-state index is 12.4. The van der Waals surface area contributed by atoms with Gasteiger partial charge < -0.3 is 29.3 Å². The van der Waals surface area contributed by atoms with Gasteiger partial charge in [0.15, 0.2) is 0 Å². The van der Waals surface area contributed by atoms with Crippen molar-refractivity contribution in [2.24, 2.45) is 0 Å². The van der Waals surface area contributed by atoms with Crippen LogP contribution in [0.25, 0.3) is 0 Å². The molecular weight excluding hydrogens is 496 g/mol. The highest BCUT2D eigenvalue weighted by atomic mass is 16.6. The molecule has 0 saturated carbocycles. The van der Waals surface area contributed by atoms with Gasteiger partial charge in [0.05, 0.1) is 24.5 Å². The molecule has 0 spiro atoms. The molecule has 210 valence electrons. The molecule has 1 aromatic heterocycles. The van der Waals surface area contributed by atoms with Crippen LogP contribution in [0.1, 0.15) is 57.6 Å². The monoisotopic (exact) mass is 536 g/mol. The number of anilines is 3. The lowest BCUT2D eigenvalue weighted by Gasteiger charge is -2.50. The Hall–Kier alpha value is -3.11. The summed E-state index contributed by atoms with van der Waals surface area (Å²) in [5.41, 5.74) is 2.81. The molecule has 1 N–H and O–H groups in total. The predicted octanol–water partition coefficient (Wildman–Crippen LogP) is 4.14. The van der Waals surface area contributed by atoms with E-state index < -0.39 is 5.60 Å². The fourth-order valence-electron chi connectivity index (χ4n) is 6.17. The molecule has 39 heavy (non-hydrogen) atoms. The van der Waals surface area contributed by atoms with Gasteiger partial charge in [0, 0.05) is 38.3 Å². The van der Waals surface area contributed by atoms with Gasteiger partial charge in [-0.1, -0.05) is 6.07 Å². The summed E-state index contributed by atoms with van der Waals surface area (Å²) in [5, 5.41) is 3.56. The van der Waals surface area contributed by atoms with Crippen LogP contribution in [0.4, 0.5) is 22.1 Å². The lowest BCUT2D eigenvalue weighted by atomic mass is 9.84. The molecule has 5 heterocycles. The number of nitrogens with one attached hydrogen (secondary N) is 1. The van der Waals surface area contributed by atoms with Crippen LogP contribution in [0, 0.1) is 0 Å². The topological polar surface area (TPSA) is 92.3 Å². The van der Waals surface area contributed by atoms with Crippen LogP contribution in [0.15, 0.2) is 24.5 Å². The van der Waals surface area contributed by atoms with Crippen molar-refractivity contribution in [1.82, 2.24) is 19.8 Å². The standard InChI is InChI=1S/C29H40N6O4/c1-19-13-21(7-8-35(19)22-15-34(16-22)28(36)39-29(2,3)4)20-5-6-25-24(14-20)32-26-23(17-38-25)27(31-18-30-26)33-9-11-37-12-10-33/h5-6,14,18-19,21-22H,7-13,15-17H2,1-4H3,(H,30,31,32). The largest absolute Gasteiger partial charge is 0.486 e. The predicted molar refractivity (Wildman–Crippen MR) is 149 cm³/mol. The van der Waals surface area contributed by atoms with Gasteiger partial charge in [0.2, 0.25) is 0 Å². The fraction of sp³-hybridized carbons (Fsp3) is 0.621. The van der Waals surface area contributed by atoms with Gasteiger partial charge in [-0.25, -0.2) is 14.8 Å². The molecular formula is C29H40N6O4. The number of ether oxygens (including phenoxy) is 3. The summed E-state index contributed by atoms with van der Waals surface area (Å²) < 4.78 is 17.3. The van der Waals surface area contributed by atoms with Crippen LogP contribution >= 0.6 is 0 Å². The van der Waals surface area contributed by atoms with E-state index in [1.807, 2.05) is 25.7 Å². The van der Waals surface area contributed by atoms with Crippen molar-refractivity contribution < 1.29 is 19.0 Å². The van der Waals surface area contributed by atoms with Crippen molar-refractivity contribution in [2.75, 3.05) is 56.2 Å². The van der Waals surface area contributed by atoms with Gasteiger partial charge in [0.1, 0.15) is 35.9 Å². The molecule has 4 aliphatic heterocycles. The average Bonchev–Trinajstić information content (AvgIpc) is 3.07. The maximum absolute atomic E-state index is 12.4. The number of rotatable bonds is 3. The Morgan fingerprint density at radius 3 is 2.67 bits per heavy atom. The summed E-state index contributed by atoms with van der Waals surface area (Å²) >= 11 is 0. The second-order valence-electron chi connectivity index (χ2n) is 12.1. The normalized spacial score (nSPS) is 24.0. The van der Waals surface area contributed by atoms with Crippen LogP contribution in [0.3, 0.4) is 0 Å². The Bertz CT molecular complexity index is 1200. The number of hydrogen-bond donors (Lipinski definition) is 1. The second kappa shape index (κ2) is 10.5. The Morgan fingerprint density at radius 2 is 1.92 bits per heavy atom. The zero-order valence-corrected chi connectivity index (χ0v) is 23.5. The van der Waals surface area contributed by atoms with Gasteiger partial charge in [-0.05, 0) is 70.7 Å². The molecule has 1 aromatic carbocycles. The minimum Gasteiger partial charge on any atom is -0.486 e. The van der Waals surface area contributed by atoms with Crippen LogP contribution in [0.5, 0.6) is 5.75 Å². The molecule has 0 radical (unpaired) electrons. The molecule has 2 atom stereocenters. The zero-order valence-electron chi connectivity index (χ0n) is 23.5. The number of morpholine rings is 1. The van der Waals surface area contributed by atoms with Gasteiger partial charge in [-0.2, -0.15) is 0 Å². The van der Waals surface area contributed by atoms with Gasteiger partial charge in [-0.3, -0.25) is 4.90 Å². The molecule has 2 aromatic rings. The van der Waals surface area contributed by atoms with Crippen molar-refractivity contribution >= 4 is 23.4 Å². The Morgan fingerprint density at radius 1 is 1.13 bits per heavy atom. The van der Waals surface area contributed by atoms with E-state index in [9.17, 15) is 4.79 Å². The van der Waals surface area contributed by atoms with E-state index in [-0.39, 0.29) is 6.09 Å². The van der Waals surface area contributed by atoms with Crippen molar-refractivity contribution in [3.8, 4) is 5.75 Å². The minimum absolute atomic E-state index is 0.204. The summed E-state index contributed by atoms with van der Waals surface area (Å²) in [6.45, 7) is 14.0. The first-order chi connectivity index (χ1) is 18.7. The van der Waals surface area contributed by atoms with Crippen LogP contribution < -0.4 is 15.0 Å². The van der Waals surface area contributed by atoms with E-state index in [0.29, 0.717) is 37.8 Å². The highest BCUT2D eigenvalue weighted by Gasteiger charge is 2.40. The molecule has 3 fully saturated rings. The van der Waals surface area contributed by atoms with E-state index in [1.165, 1.54) is 5.56 Å². The number of piperidine rings is 1. The summed E-state index contributed by atoms with van der Waals surface area (Å²) in [7, 11) is 0. The van der Waals surface area contributed by atoms with E-state index >= 15 is 0 Å². The molecule has 3 saturated heterocycles. The van der Waals surface area contributed by atoms with E-state index in [0.717, 1.165) is 74.2 Å². The maximum Gasteiger partial charge on any atom is 0.410 e. The van der Waals surface area contributed by atoms with Gasteiger partial charge in [0.25, 0.3) is 0 Å². The molecule has 10 heteroatoms. The van der Waals surface area contributed by atoms with Crippen LogP contribution in [-0.2, 0) is 16.1 Å². The van der Waals surface area contributed by atoms with Crippen LogP contribution in [0.2, 0.25) is 0 Å². The number of amides is 1. The molecule has 10 nitrogen and oxygen atoms in total. The van der Waals surface area contributed by atoms with Crippen molar-refractivity contribution in [2.45, 2.75) is 70.7 Å². The first-order valence-electron chi connectivity index (χ1n) is 14.2. The molecule has 1 amide bonds. The molecule has 2 unspecified atom stereocenters. The van der Waals surface area contributed by atoms with Crippen LogP contribution in [-0.4, -0.2) is 89.5 Å². The van der Waals surface area contributed by atoms with Crippen molar-refractivity contribution in [3.63, 3.8) is 0 Å². The number of carbonyl (C=O) groups is 1. The van der Waals surface area contributed by atoms with E-state index in [2.05, 4.69) is 50.2 Å². The third-order valence-corrected chi connectivity index (χ3v) is 8.24. The molecule has 6 rings (SSSR count). The van der Waals surface area contributed by atoms with E-state index in [1.54, 1.807) is 6.33 Å². The zero-order chi connectivity index (χ0) is 27.1. The minimum atomic E-state index is -0.457. The average molecular weight is 537 g/mol. The Balaban J connectivity index is 1.10. The number of likely N-dealkylation sites (tertiary alicyclic amines) is 2. The molecule has 0 bridgehead atoms. The fourth-order valence-corrected chi connectivity index (χ4v) is 6.17. The number of carbonyl (C=O) groups excluding carboxylic acids is 1. The lowest BCUT2D eigenvalue weighted by molar-refractivity contribution is -0.0310. The number of nitrogens with zero attached hydrogens (tertiary/aromatic N) is 5. The van der Waals surface area contributed by atoms with Gasteiger partial charge >= 0.3 is 6.09 Å². The summed E-state index contributed by atoms with van der Waals surface area (Å²) in [6.07, 6.45) is 3.60. The number of fused-ring (bicyclic) bond motifs is 2. The smallest absolute Gasteiger partial charge is 0.410 e. The Labute approximate surface area is 230 Å². The third-order valence-electron chi connectivity index (χ3n) is 8.24. The first kappa shape index (κ1) is 26.1. The highest BCUT2D eigenvalue weighted by Crippen LogP contribution is 2.40. The molecule has 4 aliphatic rings. The SMILES string of the molecule is CC1CC(c2ccc3c(c2)Nc2ncnc(N4CCOCC4)c2CO3)CCN1C1CN(C(=O)OC(C)(C)C)C1. The quantitative estimate of drug-likeness (QED) is 0.621. The van der Waals surface area contributed by atoms with E-state index in [4.69, 9.17) is 14.2 Å². The second-order valence-corrected chi connectivity index (χ2v) is 12.1. The summed E-state index contributed by atoms with van der Waals surface area (Å²) in [4.78, 5) is 28.2. The third kappa shape index (κ3) is 5.49. The first-order valence-corrected chi connectivity index (χ1v) is 14.2. The Kier molecular flexibility index (Phi) is 7.01. The van der Waals surface area contributed by atoms with Gasteiger partial charge in [-0.15, -0.1) is 0 Å². The summed E-state index contributed by atoms with van der Waals surface area (Å²) in [6, 6.07) is 7.40. The number of hydrogen-bond acceptors (Lipinski definition) is 9. The number of benzene rings is 1. The van der Waals surface area contributed by atoms with Crippen molar-refractivity contribution in [3.05, 3.63) is 35.7 Å². The van der Waals surface area contributed by atoms with Crippen molar-refractivity contribution in [1.29, 1.82) is 0 Å². The molecule has 0 aliphatic carbocycles.